The monoisotopic (exact) mass is 466 g/mol. The number of nitrogens with zero attached hydrogens (tertiary/aromatic N) is 1. The van der Waals surface area contributed by atoms with Crippen molar-refractivity contribution in [3.63, 3.8) is 0 Å². The van der Waals surface area contributed by atoms with Crippen molar-refractivity contribution >= 4 is 15.7 Å². The van der Waals surface area contributed by atoms with Gasteiger partial charge in [-0.1, -0.05) is 6.07 Å². The zero-order valence-corrected chi connectivity index (χ0v) is 16.5. The first-order chi connectivity index (χ1) is 14.3. The van der Waals surface area contributed by atoms with Crippen molar-refractivity contribution < 1.29 is 39.6 Å². The number of hydrogen-bond donors (Lipinski definition) is 1. The van der Waals surface area contributed by atoms with Crippen LogP contribution in [0, 0.1) is 5.92 Å². The number of hydrogen-bond acceptors (Lipinski definition) is 4. The molecule has 2 aromatic rings. The van der Waals surface area contributed by atoms with Gasteiger partial charge in [0, 0.05) is 12.2 Å². The Morgan fingerprint density at radius 3 is 2.19 bits per heavy atom. The first-order valence-electron chi connectivity index (χ1n) is 9.00. The summed E-state index contributed by atoms with van der Waals surface area (Å²) in [4.78, 5) is 15.1. The van der Waals surface area contributed by atoms with Crippen LogP contribution in [0.3, 0.4) is 0 Å². The van der Waals surface area contributed by atoms with Gasteiger partial charge in [-0.15, -0.1) is 0 Å². The third-order valence-electron chi connectivity index (χ3n) is 4.87. The minimum absolute atomic E-state index is 0.215. The van der Waals surface area contributed by atoms with E-state index in [0.717, 1.165) is 30.3 Å². The lowest BCUT2D eigenvalue weighted by Gasteiger charge is -2.35. The highest BCUT2D eigenvalue weighted by Gasteiger charge is 2.36. The Morgan fingerprint density at radius 1 is 1.00 bits per heavy atom. The first kappa shape index (κ1) is 23.0. The summed E-state index contributed by atoms with van der Waals surface area (Å²) in [6, 6.07) is 4.75. The second-order valence-electron chi connectivity index (χ2n) is 7.24. The number of amides is 1. The van der Waals surface area contributed by atoms with Crippen LogP contribution in [0.2, 0.25) is 0 Å². The number of halogens is 6. The Kier molecular flexibility index (Phi) is 6.05. The Bertz CT molecular complexity index is 1060. The van der Waals surface area contributed by atoms with E-state index in [2.05, 4.69) is 10.3 Å². The summed E-state index contributed by atoms with van der Waals surface area (Å²) >= 11 is 0. The molecule has 1 aromatic heterocycles. The van der Waals surface area contributed by atoms with Crippen molar-refractivity contribution in [2.75, 3.05) is 5.75 Å². The van der Waals surface area contributed by atoms with Gasteiger partial charge in [0.1, 0.15) is 5.69 Å². The van der Waals surface area contributed by atoms with Crippen LogP contribution >= 0.6 is 0 Å². The fourth-order valence-electron chi connectivity index (χ4n) is 3.22. The molecule has 168 valence electrons. The summed E-state index contributed by atoms with van der Waals surface area (Å²) in [6.07, 6.45) is -8.16. The molecular formula is C19H16F6N2O3S. The van der Waals surface area contributed by atoms with Crippen molar-refractivity contribution in [1.29, 1.82) is 0 Å². The van der Waals surface area contributed by atoms with Gasteiger partial charge in [0.05, 0.1) is 21.8 Å². The third kappa shape index (κ3) is 5.54. The summed E-state index contributed by atoms with van der Waals surface area (Å²) in [5.41, 5.74) is -2.27. The number of nitrogens with one attached hydrogen (secondary N) is 1. The van der Waals surface area contributed by atoms with Crippen LogP contribution in [-0.4, -0.2) is 31.1 Å². The number of carbonyl (C=O) groups is 1. The molecule has 0 saturated heterocycles. The zero-order valence-electron chi connectivity index (χ0n) is 15.7. The zero-order chi connectivity index (χ0) is 23.0. The van der Waals surface area contributed by atoms with Crippen LogP contribution in [0.25, 0.3) is 0 Å². The molecule has 0 unspecified atom stereocenters. The second-order valence-corrected chi connectivity index (χ2v) is 9.28. The first-order valence-corrected chi connectivity index (χ1v) is 10.6. The van der Waals surface area contributed by atoms with Gasteiger partial charge in [-0.05, 0) is 49.1 Å². The van der Waals surface area contributed by atoms with Gasteiger partial charge in [0.15, 0.2) is 9.84 Å². The van der Waals surface area contributed by atoms with Crippen molar-refractivity contribution in [2.24, 2.45) is 5.92 Å². The van der Waals surface area contributed by atoms with E-state index in [4.69, 9.17) is 0 Å². The highest BCUT2D eigenvalue weighted by atomic mass is 32.2. The van der Waals surface area contributed by atoms with Gasteiger partial charge in [-0.25, -0.2) is 8.42 Å². The summed E-state index contributed by atoms with van der Waals surface area (Å²) < 4.78 is 101. The van der Waals surface area contributed by atoms with Crippen LogP contribution < -0.4 is 5.32 Å². The van der Waals surface area contributed by atoms with Crippen molar-refractivity contribution in [2.45, 2.75) is 36.1 Å². The van der Waals surface area contributed by atoms with E-state index in [9.17, 15) is 39.6 Å². The Balaban J connectivity index is 1.55. The second kappa shape index (κ2) is 8.13. The van der Waals surface area contributed by atoms with Crippen LogP contribution in [0.1, 0.15) is 34.5 Å². The Labute approximate surface area is 173 Å². The fourth-order valence-corrected chi connectivity index (χ4v) is 4.89. The number of aromatic nitrogens is 1. The lowest BCUT2D eigenvalue weighted by atomic mass is 9.81. The highest BCUT2D eigenvalue weighted by Crippen LogP contribution is 2.34. The molecule has 0 radical (unpaired) electrons. The molecule has 3 rings (SSSR count). The molecule has 0 bridgehead atoms. The molecule has 12 heteroatoms. The molecule has 1 aromatic carbocycles. The smallest absolute Gasteiger partial charge is 0.348 e. The average molecular weight is 466 g/mol. The Hall–Kier alpha value is -2.63. The molecule has 1 aliphatic carbocycles. The van der Waals surface area contributed by atoms with Crippen LogP contribution in [0.4, 0.5) is 26.3 Å². The maximum Gasteiger partial charge on any atom is 0.417 e. The minimum atomic E-state index is -4.66. The van der Waals surface area contributed by atoms with E-state index in [0.29, 0.717) is 12.3 Å². The number of sulfone groups is 1. The van der Waals surface area contributed by atoms with E-state index in [1.807, 2.05) is 0 Å². The SMILES string of the molecule is O=C(N[C@H]1C[C@H](CS(=O)(=O)c2cccc(C(F)(F)F)c2)C1)c1ccc(C(F)(F)F)cn1. The number of benzene rings is 1. The lowest BCUT2D eigenvalue weighted by molar-refractivity contribution is -0.138. The van der Waals surface area contributed by atoms with E-state index in [-0.39, 0.29) is 30.2 Å². The van der Waals surface area contributed by atoms with E-state index >= 15 is 0 Å². The van der Waals surface area contributed by atoms with Crippen LogP contribution in [-0.2, 0) is 22.2 Å². The normalized spacial score (nSPS) is 19.5. The number of pyridine rings is 1. The number of alkyl halides is 6. The van der Waals surface area contributed by atoms with Gasteiger partial charge in [-0.2, -0.15) is 26.3 Å². The summed E-state index contributed by atoms with van der Waals surface area (Å²) in [6.45, 7) is 0. The van der Waals surface area contributed by atoms with Crippen LogP contribution in [0.5, 0.6) is 0 Å². The molecule has 1 fully saturated rings. The molecule has 1 aliphatic rings. The van der Waals surface area contributed by atoms with Crippen molar-refractivity contribution in [3.8, 4) is 0 Å². The molecule has 1 amide bonds. The molecule has 5 nitrogen and oxygen atoms in total. The lowest BCUT2D eigenvalue weighted by Crippen LogP contribution is -2.46. The number of carbonyl (C=O) groups excluding carboxylic acids is 1. The fraction of sp³-hybridized carbons (Fsp3) is 0.368. The largest absolute Gasteiger partial charge is 0.417 e. The average Bonchev–Trinajstić information content (AvgIpc) is 2.65. The van der Waals surface area contributed by atoms with Gasteiger partial charge in [0.25, 0.3) is 5.91 Å². The van der Waals surface area contributed by atoms with E-state index in [1.54, 1.807) is 0 Å². The Morgan fingerprint density at radius 2 is 1.65 bits per heavy atom. The third-order valence-corrected chi connectivity index (χ3v) is 6.75. The number of rotatable bonds is 5. The highest BCUT2D eigenvalue weighted by molar-refractivity contribution is 7.91. The molecule has 0 atom stereocenters. The maximum absolute atomic E-state index is 12.8. The maximum atomic E-state index is 12.8. The topological polar surface area (TPSA) is 76.1 Å². The van der Waals surface area contributed by atoms with Gasteiger partial charge in [-0.3, -0.25) is 9.78 Å². The molecule has 31 heavy (non-hydrogen) atoms. The summed E-state index contributed by atoms with van der Waals surface area (Å²) in [5.74, 6) is -1.44. The van der Waals surface area contributed by atoms with Crippen LogP contribution in [0.15, 0.2) is 47.5 Å². The molecule has 0 spiro atoms. The molecule has 1 heterocycles. The molecule has 1 N–H and O–H groups in total. The molecular weight excluding hydrogens is 450 g/mol. The minimum Gasteiger partial charge on any atom is -0.348 e. The van der Waals surface area contributed by atoms with Gasteiger partial charge >= 0.3 is 12.4 Å². The quantitative estimate of drug-likeness (QED) is 0.674. The predicted molar refractivity (Wildman–Crippen MR) is 96.7 cm³/mol. The van der Waals surface area contributed by atoms with E-state index < -0.39 is 50.2 Å². The van der Waals surface area contributed by atoms with E-state index in [1.165, 1.54) is 0 Å². The van der Waals surface area contributed by atoms with Gasteiger partial charge in [0.2, 0.25) is 0 Å². The standard InChI is InChI=1S/C19H16F6N2O3S/c20-18(21,22)12-2-1-3-15(8-12)31(29,30)10-11-6-14(7-11)27-17(28)16-5-4-13(9-26-16)19(23,24)25/h1-5,8-9,11,14H,6-7,10H2,(H,27,28)/t11-,14-. The van der Waals surface area contributed by atoms with Gasteiger partial charge < -0.3 is 5.32 Å². The van der Waals surface area contributed by atoms with Crippen molar-refractivity contribution in [1.82, 2.24) is 10.3 Å². The molecule has 1 saturated carbocycles. The summed E-state index contributed by atoms with van der Waals surface area (Å²) in [5, 5.41) is 2.55. The molecule has 0 aliphatic heterocycles. The van der Waals surface area contributed by atoms with Crippen molar-refractivity contribution in [3.05, 3.63) is 59.4 Å². The summed E-state index contributed by atoms with van der Waals surface area (Å²) in [7, 11) is -3.96. The predicted octanol–water partition coefficient (Wildman–Crippen LogP) is 4.10.